The number of rotatable bonds is 6. The summed E-state index contributed by atoms with van der Waals surface area (Å²) >= 11 is 4.80. The molecule has 0 saturated carbocycles. The monoisotopic (exact) mass is 558 g/mol. The molecule has 1 aliphatic heterocycles. The van der Waals surface area contributed by atoms with Gasteiger partial charge in [-0.1, -0.05) is 39.4 Å². The molecule has 0 bridgehead atoms. The van der Waals surface area contributed by atoms with Crippen LogP contribution in [0.25, 0.3) is 6.08 Å². The number of aromatic hydroxyl groups is 1. The molecule has 0 amide bonds. The lowest BCUT2D eigenvalue weighted by Crippen LogP contribution is -2.40. The minimum Gasteiger partial charge on any atom is -0.508 e. The standard InChI is InChI=1S/C25H23BrN2O6S/c1-5-34-24(31)21-13(2)27-25-28(22(21)16-11-18(32-3)19(33-4)12-17(16)26)23(30)20(35-25)10-14-6-8-15(29)9-7-14/h6-12,22,29H,5H2,1-4H3/b20-10-/t22-/m1/s1. The molecule has 4 rings (SSSR count). The van der Waals surface area contributed by atoms with Gasteiger partial charge >= 0.3 is 5.97 Å². The van der Waals surface area contributed by atoms with Crippen molar-refractivity contribution in [1.29, 1.82) is 0 Å². The summed E-state index contributed by atoms with van der Waals surface area (Å²) in [4.78, 5) is 31.8. The number of nitrogens with zero attached hydrogens (tertiary/aromatic N) is 2. The molecule has 1 N–H and O–H groups in total. The molecule has 0 aliphatic carbocycles. The Kier molecular flexibility index (Phi) is 7.13. The molecule has 0 unspecified atom stereocenters. The third-order valence-electron chi connectivity index (χ3n) is 5.51. The van der Waals surface area contributed by atoms with Crippen molar-refractivity contribution in [2.75, 3.05) is 20.8 Å². The number of methoxy groups -OCH3 is 2. The fourth-order valence-electron chi connectivity index (χ4n) is 3.89. The number of allylic oxidation sites excluding steroid dienone is 1. The maximum absolute atomic E-state index is 13.7. The zero-order valence-corrected chi connectivity index (χ0v) is 21.9. The average Bonchev–Trinajstić information content (AvgIpc) is 3.14. The second-order valence-electron chi connectivity index (χ2n) is 7.62. The molecule has 3 aromatic rings. The highest BCUT2D eigenvalue weighted by atomic mass is 79.9. The van der Waals surface area contributed by atoms with Crippen LogP contribution in [0.1, 0.15) is 31.0 Å². The van der Waals surface area contributed by atoms with Crippen molar-refractivity contribution in [3.63, 3.8) is 0 Å². The molecule has 8 nitrogen and oxygen atoms in total. The highest BCUT2D eigenvalue weighted by molar-refractivity contribution is 9.10. The van der Waals surface area contributed by atoms with Crippen LogP contribution in [0, 0.1) is 0 Å². The first kappa shape index (κ1) is 24.7. The number of halogens is 1. The Morgan fingerprint density at radius 3 is 2.49 bits per heavy atom. The molecule has 10 heteroatoms. The van der Waals surface area contributed by atoms with Gasteiger partial charge in [0.2, 0.25) is 0 Å². The molecule has 1 aromatic heterocycles. The van der Waals surface area contributed by atoms with Crippen LogP contribution in [0.4, 0.5) is 0 Å². The molecule has 182 valence electrons. The Hall–Kier alpha value is -3.37. The summed E-state index contributed by atoms with van der Waals surface area (Å²) in [5, 5.41) is 9.57. The van der Waals surface area contributed by atoms with Gasteiger partial charge in [0.25, 0.3) is 5.56 Å². The number of carbonyl (C=O) groups excluding carboxylic acids is 1. The Morgan fingerprint density at radius 2 is 1.86 bits per heavy atom. The van der Waals surface area contributed by atoms with Gasteiger partial charge in [0.1, 0.15) is 5.75 Å². The van der Waals surface area contributed by atoms with E-state index in [9.17, 15) is 14.7 Å². The lowest BCUT2D eigenvalue weighted by molar-refractivity contribution is -0.139. The van der Waals surface area contributed by atoms with E-state index in [0.717, 1.165) is 5.56 Å². The number of thiazole rings is 1. The summed E-state index contributed by atoms with van der Waals surface area (Å²) in [6, 6.07) is 9.20. The summed E-state index contributed by atoms with van der Waals surface area (Å²) < 4.78 is 18.8. The number of hydrogen-bond donors (Lipinski definition) is 1. The minimum absolute atomic E-state index is 0.136. The first-order valence-electron chi connectivity index (χ1n) is 10.7. The van der Waals surface area contributed by atoms with Crippen molar-refractivity contribution in [3.05, 3.63) is 83.0 Å². The van der Waals surface area contributed by atoms with Gasteiger partial charge in [-0.25, -0.2) is 9.79 Å². The maximum atomic E-state index is 13.7. The van der Waals surface area contributed by atoms with Crippen LogP contribution in [0.15, 0.2) is 61.9 Å². The van der Waals surface area contributed by atoms with E-state index in [-0.39, 0.29) is 23.5 Å². The number of phenols is 1. The molecule has 0 fully saturated rings. The Balaban J connectivity index is 2.01. The SMILES string of the molecule is CCOC(=O)C1=C(C)N=c2s/c(=C\c3ccc(O)cc3)c(=O)n2[C@@H]1c1cc(OC)c(OC)cc1Br. The van der Waals surface area contributed by atoms with Crippen molar-refractivity contribution in [2.24, 2.45) is 4.99 Å². The molecule has 0 radical (unpaired) electrons. The molecule has 1 atom stereocenters. The molecule has 2 heterocycles. The van der Waals surface area contributed by atoms with Crippen molar-refractivity contribution in [3.8, 4) is 17.2 Å². The lowest BCUT2D eigenvalue weighted by Gasteiger charge is -2.26. The first-order valence-corrected chi connectivity index (χ1v) is 12.3. The molecule has 35 heavy (non-hydrogen) atoms. The third kappa shape index (κ3) is 4.63. The van der Waals surface area contributed by atoms with Crippen LogP contribution in [0.5, 0.6) is 17.2 Å². The summed E-state index contributed by atoms with van der Waals surface area (Å²) in [6.07, 6.45) is 1.73. The number of carbonyl (C=O) groups is 1. The fraction of sp³-hybridized carbons (Fsp3) is 0.240. The summed E-state index contributed by atoms with van der Waals surface area (Å²) in [5.74, 6) is 0.542. The van der Waals surface area contributed by atoms with Gasteiger partial charge in [-0.05, 0) is 55.3 Å². The van der Waals surface area contributed by atoms with Crippen molar-refractivity contribution in [1.82, 2.24) is 4.57 Å². The van der Waals surface area contributed by atoms with Gasteiger partial charge in [-0.15, -0.1) is 0 Å². The van der Waals surface area contributed by atoms with Crippen molar-refractivity contribution >= 4 is 39.3 Å². The van der Waals surface area contributed by atoms with Gasteiger partial charge in [-0.2, -0.15) is 0 Å². The Bertz CT molecular complexity index is 1500. The zero-order chi connectivity index (χ0) is 25.3. The first-order chi connectivity index (χ1) is 16.8. The summed E-state index contributed by atoms with van der Waals surface area (Å²) in [5.41, 5.74) is 1.80. The Labute approximate surface area is 213 Å². The van der Waals surface area contributed by atoms with E-state index < -0.39 is 12.0 Å². The fourth-order valence-corrected chi connectivity index (χ4v) is 5.47. The Morgan fingerprint density at radius 1 is 1.20 bits per heavy atom. The summed E-state index contributed by atoms with van der Waals surface area (Å²) in [7, 11) is 3.05. The number of benzene rings is 2. The predicted octanol–water partition coefficient (Wildman–Crippen LogP) is 3.28. The average molecular weight is 559 g/mol. The number of ether oxygens (including phenoxy) is 3. The number of phenolic OH excluding ortho intramolecular Hbond substituents is 1. The van der Waals surface area contributed by atoms with Gasteiger partial charge in [0.15, 0.2) is 16.3 Å². The van der Waals surface area contributed by atoms with Crippen LogP contribution in [0.3, 0.4) is 0 Å². The van der Waals surface area contributed by atoms with Gasteiger partial charge < -0.3 is 19.3 Å². The smallest absolute Gasteiger partial charge is 0.338 e. The van der Waals surface area contributed by atoms with E-state index in [0.29, 0.717) is 36.6 Å². The molecule has 0 saturated heterocycles. The minimum atomic E-state index is -0.804. The topological polar surface area (TPSA) is 99.4 Å². The molecule has 0 spiro atoms. The second kappa shape index (κ2) is 10.1. The van der Waals surface area contributed by atoms with Gasteiger partial charge in [0.05, 0.1) is 42.7 Å². The molecule has 1 aliphatic rings. The quantitative estimate of drug-likeness (QED) is 0.466. The van der Waals surface area contributed by atoms with E-state index in [1.165, 1.54) is 30.1 Å². The molecular weight excluding hydrogens is 536 g/mol. The van der Waals surface area contributed by atoms with Gasteiger partial charge in [0, 0.05) is 4.47 Å². The summed E-state index contributed by atoms with van der Waals surface area (Å²) in [6.45, 7) is 3.63. The zero-order valence-electron chi connectivity index (χ0n) is 19.5. The van der Waals surface area contributed by atoms with Crippen LogP contribution < -0.4 is 24.4 Å². The molecule has 2 aromatic carbocycles. The van der Waals surface area contributed by atoms with Gasteiger partial charge in [-0.3, -0.25) is 9.36 Å². The van der Waals surface area contributed by atoms with E-state index in [2.05, 4.69) is 20.9 Å². The van der Waals surface area contributed by atoms with E-state index in [1.807, 2.05) is 0 Å². The number of hydrogen-bond acceptors (Lipinski definition) is 8. The van der Waals surface area contributed by atoms with Crippen molar-refractivity contribution < 1.29 is 24.1 Å². The number of esters is 1. The highest BCUT2D eigenvalue weighted by Gasteiger charge is 2.35. The van der Waals surface area contributed by atoms with Crippen LogP contribution in [-0.2, 0) is 9.53 Å². The molecular formula is C25H23BrN2O6S. The van der Waals surface area contributed by atoms with Crippen molar-refractivity contribution in [2.45, 2.75) is 19.9 Å². The highest BCUT2D eigenvalue weighted by Crippen LogP contribution is 2.40. The van der Waals surface area contributed by atoms with E-state index in [4.69, 9.17) is 14.2 Å². The normalized spacial score (nSPS) is 15.5. The van der Waals surface area contributed by atoms with Crippen LogP contribution in [0.2, 0.25) is 0 Å². The van der Waals surface area contributed by atoms with Crippen LogP contribution in [-0.4, -0.2) is 36.5 Å². The number of fused-ring (bicyclic) bond motifs is 1. The number of aromatic nitrogens is 1. The van der Waals surface area contributed by atoms with Crippen LogP contribution >= 0.6 is 27.3 Å². The van der Waals surface area contributed by atoms with E-state index >= 15 is 0 Å². The third-order valence-corrected chi connectivity index (χ3v) is 7.18. The van der Waals surface area contributed by atoms with E-state index in [1.54, 1.807) is 56.3 Å². The predicted molar refractivity (Wildman–Crippen MR) is 136 cm³/mol. The maximum Gasteiger partial charge on any atom is 0.338 e. The second-order valence-corrected chi connectivity index (χ2v) is 9.49. The largest absolute Gasteiger partial charge is 0.508 e. The lowest BCUT2D eigenvalue weighted by atomic mass is 9.95.